The number of hydrogen-bond donors (Lipinski definition) is 1. The number of morpholine rings is 1. The van der Waals surface area contributed by atoms with Crippen LogP contribution in [0.5, 0.6) is 11.5 Å². The molecule has 0 bridgehead atoms. The Morgan fingerprint density at radius 1 is 1.15 bits per heavy atom. The minimum atomic E-state index is -0.547. The van der Waals surface area contributed by atoms with E-state index in [0.29, 0.717) is 60.7 Å². The van der Waals surface area contributed by atoms with E-state index < -0.39 is 5.91 Å². The van der Waals surface area contributed by atoms with Crippen molar-refractivity contribution in [3.05, 3.63) is 58.6 Å². The smallest absolute Gasteiger partial charge is 0.266 e. The van der Waals surface area contributed by atoms with Crippen molar-refractivity contribution < 1.29 is 23.8 Å². The zero-order valence-corrected chi connectivity index (χ0v) is 18.9. The molecule has 2 aromatic carbocycles. The average molecular weight is 470 g/mol. The Bertz CT molecular complexity index is 1060. The normalized spacial score (nSPS) is 13.7. The van der Waals surface area contributed by atoms with Crippen molar-refractivity contribution in [1.82, 2.24) is 4.90 Å². The van der Waals surface area contributed by atoms with Gasteiger partial charge in [0.15, 0.2) is 18.1 Å². The zero-order chi connectivity index (χ0) is 23.6. The summed E-state index contributed by atoms with van der Waals surface area (Å²) in [6.07, 6.45) is 1.45. The molecule has 0 aromatic heterocycles. The van der Waals surface area contributed by atoms with Crippen LogP contribution in [0.3, 0.4) is 0 Å². The lowest BCUT2D eigenvalue weighted by Crippen LogP contribution is -2.43. The van der Waals surface area contributed by atoms with E-state index in [9.17, 15) is 14.9 Å². The topological polar surface area (TPSA) is 101 Å². The molecule has 33 heavy (non-hydrogen) atoms. The van der Waals surface area contributed by atoms with Crippen LogP contribution in [0.2, 0.25) is 5.02 Å². The largest absolute Gasteiger partial charge is 0.490 e. The molecule has 0 radical (unpaired) electrons. The molecule has 0 aliphatic carbocycles. The summed E-state index contributed by atoms with van der Waals surface area (Å²) in [6, 6.07) is 13.5. The number of carbonyl (C=O) groups excluding carboxylic acids is 2. The third kappa shape index (κ3) is 6.97. The second-order valence-electron chi connectivity index (χ2n) is 7.05. The fourth-order valence-electron chi connectivity index (χ4n) is 3.09. The maximum absolute atomic E-state index is 12.5. The second-order valence-corrected chi connectivity index (χ2v) is 7.49. The first-order valence-corrected chi connectivity index (χ1v) is 10.8. The summed E-state index contributed by atoms with van der Waals surface area (Å²) in [7, 11) is 0. The molecule has 1 saturated heterocycles. The molecule has 1 fully saturated rings. The van der Waals surface area contributed by atoms with E-state index in [2.05, 4.69) is 5.32 Å². The number of halogens is 1. The van der Waals surface area contributed by atoms with Gasteiger partial charge in [0, 0.05) is 23.8 Å². The van der Waals surface area contributed by atoms with E-state index in [1.54, 1.807) is 47.4 Å². The highest BCUT2D eigenvalue weighted by molar-refractivity contribution is 6.30. The number of nitriles is 1. The van der Waals surface area contributed by atoms with Gasteiger partial charge in [0.25, 0.3) is 11.8 Å². The highest BCUT2D eigenvalue weighted by Crippen LogP contribution is 2.29. The van der Waals surface area contributed by atoms with E-state index in [4.69, 9.17) is 25.8 Å². The molecule has 1 aliphatic heterocycles. The Balaban J connectivity index is 1.71. The van der Waals surface area contributed by atoms with Gasteiger partial charge in [-0.2, -0.15) is 5.26 Å². The van der Waals surface area contributed by atoms with Crippen LogP contribution in [0.15, 0.2) is 48.0 Å². The number of nitrogens with one attached hydrogen (secondary N) is 1. The van der Waals surface area contributed by atoms with Crippen LogP contribution in [-0.4, -0.2) is 56.2 Å². The number of amides is 2. The van der Waals surface area contributed by atoms with E-state index in [0.717, 1.165) is 0 Å². The van der Waals surface area contributed by atoms with Gasteiger partial charge in [-0.1, -0.05) is 17.7 Å². The van der Waals surface area contributed by atoms with E-state index in [1.807, 2.05) is 13.0 Å². The summed E-state index contributed by atoms with van der Waals surface area (Å²) >= 11 is 5.85. The van der Waals surface area contributed by atoms with Crippen LogP contribution in [0.4, 0.5) is 5.69 Å². The first-order valence-electron chi connectivity index (χ1n) is 10.4. The van der Waals surface area contributed by atoms with Crippen molar-refractivity contribution in [3.63, 3.8) is 0 Å². The average Bonchev–Trinajstić information content (AvgIpc) is 2.84. The summed E-state index contributed by atoms with van der Waals surface area (Å²) in [6.45, 7) is 4.20. The third-order valence-electron chi connectivity index (χ3n) is 4.76. The van der Waals surface area contributed by atoms with Crippen LogP contribution in [0.1, 0.15) is 12.5 Å². The summed E-state index contributed by atoms with van der Waals surface area (Å²) in [5, 5.41) is 12.7. The third-order valence-corrected chi connectivity index (χ3v) is 5.01. The monoisotopic (exact) mass is 469 g/mol. The molecular formula is C24H24ClN3O5. The van der Waals surface area contributed by atoms with Gasteiger partial charge in [0.2, 0.25) is 0 Å². The fraction of sp³-hybridized carbons (Fsp3) is 0.292. The fourth-order valence-corrected chi connectivity index (χ4v) is 3.22. The standard InChI is InChI=1S/C24H24ClN3O5/c1-2-32-22-14-17(3-8-21(22)33-16-23(29)28-9-11-31-12-10-28)13-18(15-26)24(30)27-20-6-4-19(25)5-7-20/h3-8,13-14H,2,9-12,16H2,1H3,(H,27,30)/b18-13-. The van der Waals surface area contributed by atoms with Crippen molar-refractivity contribution >= 4 is 35.2 Å². The van der Waals surface area contributed by atoms with Crippen LogP contribution in [0.25, 0.3) is 6.08 Å². The van der Waals surface area contributed by atoms with Crippen molar-refractivity contribution in [2.45, 2.75) is 6.92 Å². The lowest BCUT2D eigenvalue weighted by molar-refractivity contribution is -0.137. The zero-order valence-electron chi connectivity index (χ0n) is 18.2. The lowest BCUT2D eigenvalue weighted by atomic mass is 10.1. The molecule has 172 valence electrons. The number of benzene rings is 2. The van der Waals surface area contributed by atoms with Crippen LogP contribution in [0, 0.1) is 11.3 Å². The first kappa shape index (κ1) is 24.1. The van der Waals surface area contributed by atoms with Crippen LogP contribution in [-0.2, 0) is 14.3 Å². The van der Waals surface area contributed by atoms with Crippen LogP contribution >= 0.6 is 11.6 Å². The summed E-state index contributed by atoms with van der Waals surface area (Å²) in [5.41, 5.74) is 1.02. The van der Waals surface area contributed by atoms with E-state index >= 15 is 0 Å². The van der Waals surface area contributed by atoms with Crippen molar-refractivity contribution in [3.8, 4) is 17.6 Å². The Hall–Kier alpha value is -3.54. The van der Waals surface area contributed by atoms with Crippen molar-refractivity contribution in [1.29, 1.82) is 5.26 Å². The first-order chi connectivity index (χ1) is 16.0. The Morgan fingerprint density at radius 3 is 2.55 bits per heavy atom. The van der Waals surface area contributed by atoms with Gasteiger partial charge in [0.1, 0.15) is 11.6 Å². The van der Waals surface area contributed by atoms with Gasteiger partial charge < -0.3 is 24.4 Å². The molecule has 0 saturated carbocycles. The van der Waals surface area contributed by atoms with Crippen LogP contribution < -0.4 is 14.8 Å². The predicted molar refractivity (Wildman–Crippen MR) is 124 cm³/mol. The molecule has 2 amide bonds. The van der Waals surface area contributed by atoms with Gasteiger partial charge in [0.05, 0.1) is 19.8 Å². The van der Waals surface area contributed by atoms with Gasteiger partial charge in [-0.05, 0) is 55.0 Å². The molecule has 1 heterocycles. The number of carbonyl (C=O) groups is 2. The Morgan fingerprint density at radius 2 is 1.88 bits per heavy atom. The molecule has 0 unspecified atom stereocenters. The van der Waals surface area contributed by atoms with Crippen molar-refractivity contribution in [2.75, 3.05) is 44.8 Å². The molecule has 0 atom stereocenters. The molecule has 2 aromatic rings. The molecular weight excluding hydrogens is 446 g/mol. The van der Waals surface area contributed by atoms with Crippen molar-refractivity contribution in [2.24, 2.45) is 0 Å². The minimum Gasteiger partial charge on any atom is -0.490 e. The SMILES string of the molecule is CCOc1cc(/C=C(/C#N)C(=O)Nc2ccc(Cl)cc2)ccc1OCC(=O)N1CCOCC1. The molecule has 9 heteroatoms. The van der Waals surface area contributed by atoms with E-state index in [-0.39, 0.29) is 18.1 Å². The number of anilines is 1. The Kier molecular flexibility index (Phi) is 8.70. The maximum atomic E-state index is 12.5. The van der Waals surface area contributed by atoms with Gasteiger partial charge in [-0.3, -0.25) is 9.59 Å². The van der Waals surface area contributed by atoms with Gasteiger partial charge >= 0.3 is 0 Å². The lowest BCUT2D eigenvalue weighted by Gasteiger charge is -2.26. The predicted octanol–water partition coefficient (Wildman–Crippen LogP) is 3.52. The quantitative estimate of drug-likeness (QED) is 0.469. The highest BCUT2D eigenvalue weighted by atomic mass is 35.5. The summed E-state index contributed by atoms with van der Waals surface area (Å²) in [4.78, 5) is 26.5. The number of ether oxygens (including phenoxy) is 3. The Labute approximate surface area is 197 Å². The summed E-state index contributed by atoms with van der Waals surface area (Å²) in [5.74, 6) is 0.140. The molecule has 0 spiro atoms. The summed E-state index contributed by atoms with van der Waals surface area (Å²) < 4.78 is 16.6. The number of rotatable bonds is 8. The molecule has 1 N–H and O–H groups in total. The number of nitrogens with zero attached hydrogens (tertiary/aromatic N) is 2. The number of hydrogen-bond acceptors (Lipinski definition) is 6. The van der Waals surface area contributed by atoms with Gasteiger partial charge in [-0.15, -0.1) is 0 Å². The maximum Gasteiger partial charge on any atom is 0.266 e. The molecule has 8 nitrogen and oxygen atoms in total. The second kappa shape index (κ2) is 11.9. The molecule has 1 aliphatic rings. The molecule has 3 rings (SSSR count). The highest BCUT2D eigenvalue weighted by Gasteiger charge is 2.18. The van der Waals surface area contributed by atoms with Gasteiger partial charge in [-0.25, -0.2) is 0 Å². The minimum absolute atomic E-state index is 0.0800. The van der Waals surface area contributed by atoms with E-state index in [1.165, 1.54) is 6.08 Å².